The van der Waals surface area contributed by atoms with Crippen LogP contribution in [-0.4, -0.2) is 45.4 Å². The van der Waals surface area contributed by atoms with E-state index >= 15 is 0 Å². The monoisotopic (exact) mass is 331 g/mol. The molecule has 118 valence electrons. The molecule has 0 atom stereocenters. The van der Waals surface area contributed by atoms with E-state index in [0.717, 1.165) is 24.8 Å². The van der Waals surface area contributed by atoms with E-state index in [1.807, 2.05) is 12.1 Å². The number of ether oxygens (including phenoxy) is 1. The molecule has 0 N–H and O–H groups in total. The summed E-state index contributed by atoms with van der Waals surface area (Å²) < 4.78 is 31.9. The number of sulfonamides is 1. The molecule has 1 saturated heterocycles. The zero-order chi connectivity index (χ0) is 15.3. The molecule has 1 heterocycles. The number of alkyl halides is 1. The molecular formula is C15H22ClNO3S. The van der Waals surface area contributed by atoms with Gasteiger partial charge in [-0.1, -0.05) is 12.1 Å². The van der Waals surface area contributed by atoms with Crippen LogP contribution in [0, 0.1) is 5.92 Å². The van der Waals surface area contributed by atoms with Crippen molar-refractivity contribution in [3.63, 3.8) is 0 Å². The summed E-state index contributed by atoms with van der Waals surface area (Å²) in [7, 11) is -1.69. The Kier molecular flexibility index (Phi) is 6.05. The highest BCUT2D eigenvalue weighted by atomic mass is 35.5. The fraction of sp³-hybridized carbons (Fsp3) is 0.600. The zero-order valence-corrected chi connectivity index (χ0v) is 13.9. The molecule has 1 aliphatic rings. The lowest BCUT2D eigenvalue weighted by Gasteiger charge is -2.30. The number of hydrogen-bond acceptors (Lipinski definition) is 3. The van der Waals surface area contributed by atoms with Crippen LogP contribution in [0.15, 0.2) is 29.2 Å². The molecule has 1 aromatic rings. The van der Waals surface area contributed by atoms with Gasteiger partial charge in [0.1, 0.15) is 0 Å². The Morgan fingerprint density at radius 2 is 1.86 bits per heavy atom. The van der Waals surface area contributed by atoms with Crippen LogP contribution in [0.3, 0.4) is 0 Å². The van der Waals surface area contributed by atoms with Crippen LogP contribution in [0.2, 0.25) is 0 Å². The molecule has 0 unspecified atom stereocenters. The van der Waals surface area contributed by atoms with Crippen molar-refractivity contribution < 1.29 is 13.2 Å². The molecule has 1 fully saturated rings. The summed E-state index contributed by atoms with van der Waals surface area (Å²) in [4.78, 5) is 0.367. The standard InChI is InChI=1S/C15H22ClNO3S/c1-20-12-14-7-10-17(11-8-14)21(18,19)15-4-2-13(3-5-15)6-9-16/h2-5,14H,6-12H2,1H3. The van der Waals surface area contributed by atoms with Crippen molar-refractivity contribution in [3.05, 3.63) is 29.8 Å². The zero-order valence-electron chi connectivity index (χ0n) is 12.3. The molecule has 6 heteroatoms. The maximum atomic E-state index is 12.6. The largest absolute Gasteiger partial charge is 0.384 e. The Morgan fingerprint density at radius 1 is 1.24 bits per heavy atom. The Labute approximate surface area is 132 Å². The molecule has 2 rings (SSSR count). The maximum absolute atomic E-state index is 12.6. The quantitative estimate of drug-likeness (QED) is 0.752. The lowest BCUT2D eigenvalue weighted by Crippen LogP contribution is -2.39. The van der Waals surface area contributed by atoms with E-state index in [4.69, 9.17) is 16.3 Å². The molecule has 1 aliphatic heterocycles. The highest BCUT2D eigenvalue weighted by Gasteiger charge is 2.29. The van der Waals surface area contributed by atoms with Crippen molar-refractivity contribution in [3.8, 4) is 0 Å². The van der Waals surface area contributed by atoms with Crippen LogP contribution in [0.5, 0.6) is 0 Å². The lowest BCUT2D eigenvalue weighted by molar-refractivity contribution is 0.121. The number of halogens is 1. The van der Waals surface area contributed by atoms with Gasteiger partial charge in [-0.15, -0.1) is 11.6 Å². The summed E-state index contributed by atoms with van der Waals surface area (Å²) in [6.07, 6.45) is 2.47. The third-order valence-electron chi connectivity index (χ3n) is 3.92. The minimum absolute atomic E-state index is 0.367. The molecule has 1 aromatic carbocycles. The number of aryl methyl sites for hydroxylation is 1. The second-order valence-electron chi connectivity index (χ2n) is 5.39. The van der Waals surface area contributed by atoms with Gasteiger partial charge in [0.05, 0.1) is 4.90 Å². The number of rotatable bonds is 6. The van der Waals surface area contributed by atoms with E-state index in [-0.39, 0.29) is 0 Å². The molecule has 0 bridgehead atoms. The first-order valence-electron chi connectivity index (χ1n) is 7.22. The third kappa shape index (κ3) is 4.19. The van der Waals surface area contributed by atoms with E-state index in [9.17, 15) is 8.42 Å². The first-order chi connectivity index (χ1) is 10.1. The number of nitrogens with zero attached hydrogens (tertiary/aromatic N) is 1. The van der Waals surface area contributed by atoms with Gasteiger partial charge >= 0.3 is 0 Å². The fourth-order valence-electron chi connectivity index (χ4n) is 2.64. The van der Waals surface area contributed by atoms with Gasteiger partial charge in [-0.25, -0.2) is 8.42 Å². The molecule has 0 saturated carbocycles. The highest BCUT2D eigenvalue weighted by molar-refractivity contribution is 7.89. The van der Waals surface area contributed by atoms with Gasteiger partial charge in [0.25, 0.3) is 0 Å². The normalized spacial score (nSPS) is 18.0. The van der Waals surface area contributed by atoms with Crippen molar-refractivity contribution in [1.29, 1.82) is 0 Å². The summed E-state index contributed by atoms with van der Waals surface area (Å²) >= 11 is 5.69. The van der Waals surface area contributed by atoms with Crippen LogP contribution in [0.1, 0.15) is 18.4 Å². The van der Waals surface area contributed by atoms with E-state index in [1.54, 1.807) is 23.5 Å². The van der Waals surface area contributed by atoms with Crippen molar-refractivity contribution in [1.82, 2.24) is 4.31 Å². The summed E-state index contributed by atoms with van der Waals surface area (Å²) in [6.45, 7) is 1.85. The second-order valence-corrected chi connectivity index (χ2v) is 7.70. The molecule has 21 heavy (non-hydrogen) atoms. The average Bonchev–Trinajstić information content (AvgIpc) is 2.49. The minimum atomic E-state index is -3.37. The van der Waals surface area contributed by atoms with Crippen LogP contribution in [-0.2, 0) is 21.2 Å². The van der Waals surface area contributed by atoms with Crippen LogP contribution >= 0.6 is 11.6 Å². The Hall–Kier alpha value is -0.620. The van der Waals surface area contributed by atoms with Crippen LogP contribution in [0.25, 0.3) is 0 Å². The average molecular weight is 332 g/mol. The summed E-state index contributed by atoms with van der Waals surface area (Å²) in [5, 5.41) is 0. The molecule has 4 nitrogen and oxygen atoms in total. The van der Waals surface area contributed by atoms with Gasteiger partial charge in [-0.2, -0.15) is 4.31 Å². The van der Waals surface area contributed by atoms with Gasteiger partial charge in [-0.05, 0) is 42.9 Å². The Morgan fingerprint density at radius 3 is 2.38 bits per heavy atom. The first-order valence-corrected chi connectivity index (χ1v) is 9.19. The summed E-state index contributed by atoms with van der Waals surface area (Å²) in [5.74, 6) is 1.01. The predicted molar refractivity (Wildman–Crippen MR) is 84.2 cm³/mol. The van der Waals surface area contributed by atoms with E-state index in [0.29, 0.717) is 36.4 Å². The molecule has 0 radical (unpaired) electrons. The smallest absolute Gasteiger partial charge is 0.243 e. The van der Waals surface area contributed by atoms with Crippen molar-refractivity contribution in [2.45, 2.75) is 24.2 Å². The van der Waals surface area contributed by atoms with E-state index in [1.165, 1.54) is 0 Å². The van der Waals surface area contributed by atoms with E-state index in [2.05, 4.69) is 0 Å². The Bertz CT molecular complexity index is 537. The predicted octanol–water partition coefficient (Wildman–Crippen LogP) is 2.52. The topological polar surface area (TPSA) is 46.6 Å². The SMILES string of the molecule is COCC1CCN(S(=O)(=O)c2ccc(CCCl)cc2)CC1. The van der Waals surface area contributed by atoms with Crippen molar-refractivity contribution in [2.24, 2.45) is 5.92 Å². The van der Waals surface area contributed by atoms with Gasteiger partial charge in [0.15, 0.2) is 0 Å². The first kappa shape index (κ1) is 16.7. The molecule has 0 aliphatic carbocycles. The van der Waals surface area contributed by atoms with Gasteiger partial charge in [0, 0.05) is 32.7 Å². The highest BCUT2D eigenvalue weighted by Crippen LogP contribution is 2.24. The fourth-order valence-corrected chi connectivity index (χ4v) is 4.33. The minimum Gasteiger partial charge on any atom is -0.384 e. The summed E-state index contributed by atoms with van der Waals surface area (Å²) in [5.41, 5.74) is 1.06. The van der Waals surface area contributed by atoms with E-state index < -0.39 is 10.0 Å². The van der Waals surface area contributed by atoms with Crippen molar-refractivity contribution >= 4 is 21.6 Å². The number of benzene rings is 1. The number of hydrogen-bond donors (Lipinski definition) is 0. The number of piperidine rings is 1. The number of methoxy groups -OCH3 is 1. The van der Waals surface area contributed by atoms with Crippen LogP contribution < -0.4 is 0 Å². The van der Waals surface area contributed by atoms with Crippen molar-refractivity contribution in [2.75, 3.05) is 32.7 Å². The third-order valence-corrected chi connectivity index (χ3v) is 6.02. The molecule has 0 aromatic heterocycles. The molecule has 0 amide bonds. The lowest BCUT2D eigenvalue weighted by atomic mass is 9.99. The second kappa shape index (κ2) is 7.58. The molecular weight excluding hydrogens is 310 g/mol. The maximum Gasteiger partial charge on any atom is 0.243 e. The van der Waals surface area contributed by atoms with Gasteiger partial charge in [-0.3, -0.25) is 0 Å². The van der Waals surface area contributed by atoms with Gasteiger partial charge < -0.3 is 4.74 Å². The summed E-state index contributed by atoms with van der Waals surface area (Å²) in [6, 6.07) is 7.04. The Balaban J connectivity index is 2.04. The molecule has 0 spiro atoms. The van der Waals surface area contributed by atoms with Gasteiger partial charge in [0.2, 0.25) is 10.0 Å². The van der Waals surface area contributed by atoms with Crippen LogP contribution in [0.4, 0.5) is 0 Å².